The van der Waals surface area contributed by atoms with E-state index in [4.69, 9.17) is 0 Å². The molecule has 6 nitrogen and oxygen atoms in total. The Morgan fingerprint density at radius 3 is 2.64 bits per heavy atom. The number of aryl methyl sites for hydroxylation is 1. The maximum atomic E-state index is 12.1. The number of H-pyrrole nitrogens is 1. The van der Waals surface area contributed by atoms with Crippen LogP contribution in [-0.2, 0) is 9.59 Å². The highest BCUT2D eigenvalue weighted by Gasteiger charge is 2.22. The molecular weight excluding hydrogens is 336 g/mol. The quantitative estimate of drug-likeness (QED) is 0.802. The molecule has 1 aromatic heterocycles. The largest absolute Gasteiger partial charge is 0.295 e. The molecule has 2 aromatic rings. The lowest BCUT2D eigenvalue weighted by molar-refractivity contribution is -0.132. The summed E-state index contributed by atoms with van der Waals surface area (Å²) in [5.74, 6) is 0.354. The van der Waals surface area contributed by atoms with Gasteiger partial charge in [0, 0.05) is 11.5 Å². The number of hydrogen-bond donors (Lipinski definition) is 2. The molecule has 2 amide bonds. The van der Waals surface area contributed by atoms with Gasteiger partial charge >= 0.3 is 0 Å². The Morgan fingerprint density at radius 1 is 1.20 bits per heavy atom. The van der Waals surface area contributed by atoms with Crippen LogP contribution in [0.3, 0.4) is 0 Å². The van der Waals surface area contributed by atoms with Crippen LogP contribution in [-0.4, -0.2) is 32.7 Å². The predicted molar refractivity (Wildman–Crippen MR) is 97.0 cm³/mol. The third kappa shape index (κ3) is 4.92. The van der Waals surface area contributed by atoms with Gasteiger partial charge in [-0.15, -0.1) is 5.10 Å². The van der Waals surface area contributed by atoms with Crippen LogP contribution in [0.15, 0.2) is 29.4 Å². The number of nitrogens with zero attached hydrogens (tertiary/aromatic N) is 2. The minimum absolute atomic E-state index is 0.0145. The molecule has 0 aliphatic heterocycles. The lowest BCUT2D eigenvalue weighted by Crippen LogP contribution is -2.37. The lowest BCUT2D eigenvalue weighted by Gasteiger charge is -2.20. The van der Waals surface area contributed by atoms with Crippen molar-refractivity contribution in [2.45, 2.75) is 44.2 Å². The number of carbonyl (C=O) groups excluding carboxylic acids is 2. The highest BCUT2D eigenvalue weighted by atomic mass is 32.2. The molecule has 0 saturated heterocycles. The zero-order chi connectivity index (χ0) is 17.6. The molecule has 1 aliphatic carbocycles. The van der Waals surface area contributed by atoms with Crippen LogP contribution in [0.25, 0.3) is 11.4 Å². The smallest absolute Gasteiger partial charge is 0.237 e. The SMILES string of the molecule is Cc1ccc(-c2nc(SCC(=O)NC(=O)C3CCCCC3)n[nH]2)cc1. The number of hydrogen-bond acceptors (Lipinski definition) is 5. The minimum atomic E-state index is -0.290. The van der Waals surface area contributed by atoms with E-state index in [-0.39, 0.29) is 23.5 Å². The first-order valence-electron chi connectivity index (χ1n) is 8.58. The molecule has 0 unspecified atom stereocenters. The van der Waals surface area contributed by atoms with Crippen LogP contribution in [0.1, 0.15) is 37.7 Å². The van der Waals surface area contributed by atoms with Crippen LogP contribution in [0.4, 0.5) is 0 Å². The van der Waals surface area contributed by atoms with Crippen LogP contribution in [0, 0.1) is 12.8 Å². The average molecular weight is 358 g/mol. The first-order chi connectivity index (χ1) is 12.1. The second-order valence-corrected chi connectivity index (χ2v) is 7.31. The van der Waals surface area contributed by atoms with Gasteiger partial charge in [0.15, 0.2) is 5.82 Å². The summed E-state index contributed by atoms with van der Waals surface area (Å²) in [5.41, 5.74) is 2.12. The van der Waals surface area contributed by atoms with E-state index in [9.17, 15) is 9.59 Å². The topological polar surface area (TPSA) is 87.7 Å². The molecule has 3 rings (SSSR count). The maximum absolute atomic E-state index is 12.1. The maximum Gasteiger partial charge on any atom is 0.237 e. The molecule has 1 heterocycles. The van der Waals surface area contributed by atoms with Gasteiger partial charge in [-0.05, 0) is 19.8 Å². The van der Waals surface area contributed by atoms with E-state index in [0.29, 0.717) is 11.0 Å². The number of imide groups is 1. The number of benzene rings is 1. The van der Waals surface area contributed by atoms with Gasteiger partial charge < -0.3 is 0 Å². The summed E-state index contributed by atoms with van der Waals surface area (Å²) in [4.78, 5) is 28.4. The summed E-state index contributed by atoms with van der Waals surface area (Å²) >= 11 is 1.22. The van der Waals surface area contributed by atoms with E-state index in [1.54, 1.807) is 0 Å². The Labute approximate surface area is 151 Å². The molecule has 1 aromatic carbocycles. The molecular formula is C18H22N4O2S. The van der Waals surface area contributed by atoms with Crippen LogP contribution in [0.5, 0.6) is 0 Å². The van der Waals surface area contributed by atoms with Gasteiger partial charge in [0.1, 0.15) is 0 Å². The lowest BCUT2D eigenvalue weighted by atomic mass is 9.89. The molecule has 25 heavy (non-hydrogen) atoms. The number of aromatic nitrogens is 3. The van der Waals surface area contributed by atoms with Crippen molar-refractivity contribution in [1.29, 1.82) is 0 Å². The fourth-order valence-electron chi connectivity index (χ4n) is 2.92. The fraction of sp³-hybridized carbons (Fsp3) is 0.444. The second kappa shape index (κ2) is 8.29. The van der Waals surface area contributed by atoms with E-state index in [2.05, 4.69) is 20.5 Å². The number of carbonyl (C=O) groups is 2. The van der Waals surface area contributed by atoms with E-state index in [0.717, 1.165) is 31.2 Å². The third-order valence-electron chi connectivity index (χ3n) is 4.36. The molecule has 0 bridgehead atoms. The summed E-state index contributed by atoms with van der Waals surface area (Å²) in [6.07, 6.45) is 5.09. The Morgan fingerprint density at radius 2 is 1.92 bits per heavy atom. The highest BCUT2D eigenvalue weighted by molar-refractivity contribution is 7.99. The number of amides is 2. The Kier molecular flexibility index (Phi) is 5.86. The van der Waals surface area contributed by atoms with E-state index in [1.807, 2.05) is 31.2 Å². The summed E-state index contributed by atoms with van der Waals surface area (Å²) in [6, 6.07) is 7.96. The summed E-state index contributed by atoms with van der Waals surface area (Å²) in [7, 11) is 0. The molecule has 0 radical (unpaired) electrons. The monoisotopic (exact) mass is 358 g/mol. The number of aromatic amines is 1. The van der Waals surface area contributed by atoms with Crippen molar-refractivity contribution in [3.63, 3.8) is 0 Å². The minimum Gasteiger partial charge on any atom is -0.295 e. The van der Waals surface area contributed by atoms with Gasteiger partial charge in [-0.1, -0.05) is 60.9 Å². The summed E-state index contributed by atoms with van der Waals surface area (Å²) < 4.78 is 0. The van der Waals surface area contributed by atoms with Crippen LogP contribution < -0.4 is 5.32 Å². The second-order valence-electron chi connectivity index (χ2n) is 6.37. The molecule has 1 saturated carbocycles. The van der Waals surface area contributed by atoms with E-state index >= 15 is 0 Å². The standard InChI is InChI=1S/C18H22N4O2S/c1-12-7-9-13(10-8-12)16-20-18(22-21-16)25-11-15(23)19-17(24)14-5-3-2-4-6-14/h7-10,14H,2-6,11H2,1H3,(H,19,23,24)(H,20,21,22). The van der Waals surface area contributed by atoms with Crippen molar-refractivity contribution in [3.05, 3.63) is 29.8 Å². The van der Waals surface area contributed by atoms with Gasteiger partial charge in [0.05, 0.1) is 5.75 Å². The molecule has 1 aliphatic rings. The summed E-state index contributed by atoms with van der Waals surface area (Å²) in [5, 5.41) is 9.99. The first kappa shape index (κ1) is 17.7. The third-order valence-corrected chi connectivity index (χ3v) is 5.21. The van der Waals surface area contributed by atoms with Crippen molar-refractivity contribution < 1.29 is 9.59 Å². The Bertz CT molecular complexity index is 736. The molecule has 2 N–H and O–H groups in total. The number of rotatable bonds is 5. The van der Waals surface area contributed by atoms with Gasteiger partial charge in [-0.2, -0.15) is 0 Å². The molecule has 7 heteroatoms. The van der Waals surface area contributed by atoms with Gasteiger partial charge in [-0.3, -0.25) is 20.0 Å². The van der Waals surface area contributed by atoms with Crippen molar-refractivity contribution in [3.8, 4) is 11.4 Å². The zero-order valence-corrected chi connectivity index (χ0v) is 15.1. The van der Waals surface area contributed by atoms with Gasteiger partial charge in [0.25, 0.3) is 0 Å². The Hall–Kier alpha value is -2.15. The number of thioether (sulfide) groups is 1. The average Bonchev–Trinajstić information content (AvgIpc) is 3.10. The van der Waals surface area contributed by atoms with Crippen molar-refractivity contribution >= 4 is 23.6 Å². The van der Waals surface area contributed by atoms with Crippen molar-refractivity contribution in [2.24, 2.45) is 5.92 Å². The van der Waals surface area contributed by atoms with Gasteiger partial charge in [0.2, 0.25) is 17.0 Å². The Balaban J connectivity index is 1.49. The molecule has 132 valence electrons. The fourth-order valence-corrected chi connectivity index (χ4v) is 3.52. The van der Waals surface area contributed by atoms with Gasteiger partial charge in [-0.25, -0.2) is 4.98 Å². The highest BCUT2D eigenvalue weighted by Crippen LogP contribution is 2.24. The normalized spacial score (nSPS) is 15.1. The van der Waals surface area contributed by atoms with E-state index < -0.39 is 0 Å². The molecule has 0 atom stereocenters. The van der Waals surface area contributed by atoms with Crippen LogP contribution in [0.2, 0.25) is 0 Å². The molecule has 0 spiro atoms. The van der Waals surface area contributed by atoms with Crippen molar-refractivity contribution in [2.75, 3.05) is 5.75 Å². The predicted octanol–water partition coefficient (Wildman–Crippen LogP) is 3.10. The van der Waals surface area contributed by atoms with E-state index in [1.165, 1.54) is 23.7 Å². The zero-order valence-electron chi connectivity index (χ0n) is 14.2. The molecule has 1 fully saturated rings. The van der Waals surface area contributed by atoms with Crippen LogP contribution >= 0.6 is 11.8 Å². The first-order valence-corrected chi connectivity index (χ1v) is 9.56. The number of nitrogens with one attached hydrogen (secondary N) is 2. The van der Waals surface area contributed by atoms with Crippen molar-refractivity contribution in [1.82, 2.24) is 20.5 Å². The summed E-state index contributed by atoms with van der Waals surface area (Å²) in [6.45, 7) is 2.03.